The number of allylic oxidation sites excluding steroid dienone is 3. The van der Waals surface area contributed by atoms with Crippen LogP contribution < -0.4 is 15.4 Å². The van der Waals surface area contributed by atoms with Gasteiger partial charge in [0.25, 0.3) is 5.91 Å². The number of aromatic hydroxyl groups is 1. The number of hydrogen-bond donors (Lipinski definition) is 1. The first-order chi connectivity index (χ1) is 21.1. The Balaban J connectivity index is 2.04. The largest absolute Gasteiger partial charge is 0.507 e. The molecule has 1 aliphatic rings. The SMILES string of the molecule is C=CC(=O)N(/C=C/C)/C(C)=C\N(C)c1nc(=O)n(-c2c(CC)cccc2SC)c2c1C=C(Cl)C(c1c(O)cccc1F)=NO2. The maximum atomic E-state index is 14.9. The standard InChI is InChI=1S/C32H31ClFN5O4S/c1-7-16-38(26(41)9-3)19(4)18-37(5)30-21-17-22(33)28(27-23(34)13-11-14-24(27)40)36-43-31(21)39(32(42)35-30)29-20(8-2)12-10-15-25(29)44-6/h7,9-18,40H,3,8H2,1-2,4-6H3/b16-7+,19-18-. The molecular weight excluding hydrogens is 605 g/mol. The Kier molecular flexibility index (Phi) is 10.1. The van der Waals surface area contributed by atoms with Gasteiger partial charge in [0.2, 0.25) is 5.88 Å². The molecule has 0 bridgehead atoms. The van der Waals surface area contributed by atoms with Gasteiger partial charge in [-0.15, -0.1) is 11.8 Å². The monoisotopic (exact) mass is 635 g/mol. The lowest BCUT2D eigenvalue weighted by atomic mass is 10.1. The smallest absolute Gasteiger partial charge is 0.357 e. The highest BCUT2D eigenvalue weighted by atomic mass is 35.5. The van der Waals surface area contributed by atoms with E-state index >= 15 is 0 Å². The number of carbonyl (C=O) groups excluding carboxylic acids is 1. The fraction of sp³-hybridized carbons (Fsp3) is 0.188. The normalized spacial score (nSPS) is 13.0. The summed E-state index contributed by atoms with van der Waals surface area (Å²) in [6, 6.07) is 9.49. The van der Waals surface area contributed by atoms with Crippen molar-refractivity contribution in [3.63, 3.8) is 0 Å². The van der Waals surface area contributed by atoms with E-state index in [2.05, 4.69) is 16.7 Å². The number of fused-ring (bicyclic) bond motifs is 1. The molecule has 0 aliphatic carbocycles. The van der Waals surface area contributed by atoms with E-state index < -0.39 is 17.3 Å². The van der Waals surface area contributed by atoms with Crippen LogP contribution in [-0.4, -0.2) is 44.5 Å². The molecule has 0 saturated carbocycles. The van der Waals surface area contributed by atoms with Gasteiger partial charge in [-0.1, -0.05) is 54.5 Å². The number of thioether (sulfide) groups is 1. The van der Waals surface area contributed by atoms with Crippen molar-refractivity contribution in [1.82, 2.24) is 14.5 Å². The van der Waals surface area contributed by atoms with Crippen LogP contribution in [0.25, 0.3) is 11.8 Å². The third-order valence-electron chi connectivity index (χ3n) is 6.73. The van der Waals surface area contributed by atoms with Crippen molar-refractivity contribution in [3.8, 4) is 17.3 Å². The van der Waals surface area contributed by atoms with Gasteiger partial charge >= 0.3 is 5.69 Å². The lowest BCUT2D eigenvalue weighted by molar-refractivity contribution is -0.122. The number of benzene rings is 2. The fourth-order valence-electron chi connectivity index (χ4n) is 4.71. The minimum Gasteiger partial charge on any atom is -0.507 e. The molecule has 0 fully saturated rings. The predicted molar refractivity (Wildman–Crippen MR) is 174 cm³/mol. The topological polar surface area (TPSA) is 100 Å². The van der Waals surface area contributed by atoms with E-state index in [9.17, 15) is 19.1 Å². The molecule has 1 aromatic heterocycles. The highest BCUT2D eigenvalue weighted by Crippen LogP contribution is 2.38. The lowest BCUT2D eigenvalue weighted by Crippen LogP contribution is -2.29. The number of halogens is 2. The summed E-state index contributed by atoms with van der Waals surface area (Å²) in [7, 11) is 1.65. The van der Waals surface area contributed by atoms with Crippen LogP contribution in [0, 0.1) is 5.82 Å². The Hall–Kier alpha value is -4.61. The molecular formula is C32H31ClFN5O4S. The van der Waals surface area contributed by atoms with E-state index in [1.165, 1.54) is 45.5 Å². The van der Waals surface area contributed by atoms with Gasteiger partial charge in [0.05, 0.1) is 21.8 Å². The molecule has 4 rings (SSSR count). The van der Waals surface area contributed by atoms with E-state index in [1.54, 1.807) is 44.3 Å². The maximum Gasteiger partial charge on any atom is 0.357 e. The molecule has 3 aromatic rings. The molecule has 0 saturated heterocycles. The van der Waals surface area contributed by atoms with Gasteiger partial charge < -0.3 is 14.8 Å². The number of hydrogen-bond acceptors (Lipinski definition) is 8. The van der Waals surface area contributed by atoms with Crippen LogP contribution in [-0.2, 0) is 11.2 Å². The quantitative estimate of drug-likeness (QED) is 0.209. The molecule has 0 radical (unpaired) electrons. The highest BCUT2D eigenvalue weighted by molar-refractivity contribution is 7.98. The van der Waals surface area contributed by atoms with E-state index in [4.69, 9.17) is 16.4 Å². The first-order valence-electron chi connectivity index (χ1n) is 13.5. The van der Waals surface area contributed by atoms with Crippen LogP contribution in [0.5, 0.6) is 11.6 Å². The number of phenolic OH excluding ortho intramolecular Hbond substituents is 1. The van der Waals surface area contributed by atoms with Crippen LogP contribution in [0.2, 0.25) is 0 Å². The van der Waals surface area contributed by atoms with E-state index in [-0.39, 0.29) is 39.5 Å². The number of nitrogens with zero attached hydrogens (tertiary/aromatic N) is 5. The molecule has 0 unspecified atom stereocenters. The molecule has 0 spiro atoms. The summed E-state index contributed by atoms with van der Waals surface area (Å²) >= 11 is 8.17. The Morgan fingerprint density at radius 3 is 2.64 bits per heavy atom. The second kappa shape index (κ2) is 13.8. The number of aryl methyl sites for hydroxylation is 1. The van der Waals surface area contributed by atoms with Gasteiger partial charge in [-0.25, -0.2) is 13.8 Å². The van der Waals surface area contributed by atoms with Crippen molar-refractivity contribution in [3.05, 3.63) is 111 Å². The van der Waals surface area contributed by atoms with Crippen molar-refractivity contribution >= 4 is 46.9 Å². The zero-order valence-electron chi connectivity index (χ0n) is 24.8. The van der Waals surface area contributed by atoms with Crippen LogP contribution in [0.4, 0.5) is 10.2 Å². The van der Waals surface area contributed by atoms with E-state index in [0.717, 1.165) is 16.5 Å². The Bertz CT molecular complexity index is 1770. The average Bonchev–Trinajstić information content (AvgIpc) is 3.17. The third kappa shape index (κ3) is 6.20. The van der Waals surface area contributed by atoms with Crippen molar-refractivity contribution in [2.45, 2.75) is 32.1 Å². The van der Waals surface area contributed by atoms with Crippen molar-refractivity contribution < 1.29 is 19.1 Å². The number of carbonyl (C=O) groups is 1. The van der Waals surface area contributed by atoms with Crippen LogP contribution >= 0.6 is 23.4 Å². The number of phenols is 1. The van der Waals surface area contributed by atoms with Crippen molar-refractivity contribution in [2.75, 3.05) is 18.2 Å². The predicted octanol–water partition coefficient (Wildman–Crippen LogP) is 6.58. The Morgan fingerprint density at radius 2 is 2.00 bits per heavy atom. The molecule has 2 aromatic carbocycles. The number of rotatable bonds is 9. The summed E-state index contributed by atoms with van der Waals surface area (Å²) in [5.74, 6) is -1.42. The molecule has 228 valence electrons. The minimum absolute atomic E-state index is 0.0226. The second-order valence-electron chi connectivity index (χ2n) is 9.53. The summed E-state index contributed by atoms with van der Waals surface area (Å²) in [6.45, 7) is 9.01. The van der Waals surface area contributed by atoms with Gasteiger partial charge in [0.1, 0.15) is 17.3 Å². The van der Waals surface area contributed by atoms with Gasteiger partial charge in [0.15, 0.2) is 5.82 Å². The molecule has 2 heterocycles. The molecule has 0 atom stereocenters. The van der Waals surface area contributed by atoms with E-state index in [1.807, 2.05) is 31.4 Å². The zero-order chi connectivity index (χ0) is 32.1. The summed E-state index contributed by atoms with van der Waals surface area (Å²) < 4.78 is 16.3. The van der Waals surface area contributed by atoms with Gasteiger partial charge in [-0.05, 0) is 62.4 Å². The molecule has 1 N–H and O–H groups in total. The number of amides is 1. The van der Waals surface area contributed by atoms with Gasteiger partial charge in [-0.2, -0.15) is 4.98 Å². The maximum absolute atomic E-state index is 14.9. The van der Waals surface area contributed by atoms with Crippen molar-refractivity contribution in [2.24, 2.45) is 5.16 Å². The summed E-state index contributed by atoms with van der Waals surface area (Å²) in [4.78, 5) is 40.5. The third-order valence-corrected chi connectivity index (χ3v) is 7.79. The first-order valence-corrected chi connectivity index (χ1v) is 15.1. The molecule has 1 aliphatic heterocycles. The molecule has 44 heavy (non-hydrogen) atoms. The number of anilines is 1. The Labute approximate surface area is 263 Å². The van der Waals surface area contributed by atoms with Crippen LogP contribution in [0.1, 0.15) is 37.5 Å². The van der Waals surface area contributed by atoms with Crippen molar-refractivity contribution in [1.29, 1.82) is 0 Å². The number of para-hydroxylation sites is 1. The molecule has 12 heteroatoms. The lowest BCUT2D eigenvalue weighted by Gasteiger charge is -2.24. The molecule has 1 amide bonds. The summed E-state index contributed by atoms with van der Waals surface area (Å²) in [6.07, 6.45) is 10.0. The highest BCUT2D eigenvalue weighted by Gasteiger charge is 2.29. The molecule has 9 nitrogen and oxygen atoms in total. The first kappa shape index (κ1) is 32.3. The Morgan fingerprint density at radius 1 is 1.27 bits per heavy atom. The minimum atomic E-state index is -0.770. The summed E-state index contributed by atoms with van der Waals surface area (Å²) in [5.41, 5.74) is 1.04. The average molecular weight is 636 g/mol. The van der Waals surface area contributed by atoms with Gasteiger partial charge in [0, 0.05) is 30.0 Å². The van der Waals surface area contributed by atoms with E-state index in [0.29, 0.717) is 17.8 Å². The van der Waals surface area contributed by atoms with Crippen LogP contribution in [0.15, 0.2) is 93.1 Å². The van der Waals surface area contributed by atoms with Gasteiger partial charge in [-0.3, -0.25) is 9.69 Å². The summed E-state index contributed by atoms with van der Waals surface area (Å²) in [5, 5.41) is 14.6. The zero-order valence-corrected chi connectivity index (χ0v) is 26.4. The number of aromatic nitrogens is 2. The number of oxime groups is 1. The second-order valence-corrected chi connectivity index (χ2v) is 10.8. The fourth-order valence-corrected chi connectivity index (χ4v) is 5.58. The van der Waals surface area contributed by atoms with Crippen LogP contribution in [0.3, 0.4) is 0 Å².